The van der Waals surface area contributed by atoms with Crippen molar-refractivity contribution in [1.82, 2.24) is 5.06 Å². The fraction of sp³-hybridized carbons (Fsp3) is 0.371. The van der Waals surface area contributed by atoms with E-state index >= 15 is 0 Å². The third-order valence-corrected chi connectivity index (χ3v) is 7.58. The molecule has 1 aliphatic rings. The minimum Gasteiger partial charge on any atom is -0.618 e. The van der Waals surface area contributed by atoms with Gasteiger partial charge in [0.05, 0.1) is 19.3 Å². The number of hydrogen-bond acceptors (Lipinski definition) is 6. The highest BCUT2D eigenvalue weighted by molar-refractivity contribution is 5.82. The number of fused-ring (bicyclic) bond motifs is 1. The summed E-state index contributed by atoms with van der Waals surface area (Å²) in [5.41, 5.74) is 3.38. The standard InChI is InChI=1S/C35H40N2O5/c1-35(2,3)41-34(38)42-36-21-20-32(33(24-36)40-25-27-16-17-28-13-7-8-14-29(28)22-27)30-18-19-31(37(39)23-30)15-9-12-26-10-5-4-6-11-26/h4-8,10-11,13-14,16-19,22-23,32-33H,9,12,15,20-21,24-25H2,1-3H3. The van der Waals surface area contributed by atoms with E-state index in [4.69, 9.17) is 14.3 Å². The van der Waals surface area contributed by atoms with Crippen LogP contribution in [0.2, 0.25) is 0 Å². The van der Waals surface area contributed by atoms with Crippen molar-refractivity contribution in [3.05, 3.63) is 119 Å². The summed E-state index contributed by atoms with van der Waals surface area (Å²) in [6.07, 6.45) is 3.89. The molecular weight excluding hydrogens is 528 g/mol. The van der Waals surface area contributed by atoms with Crippen LogP contribution in [0.1, 0.15) is 61.9 Å². The van der Waals surface area contributed by atoms with Gasteiger partial charge in [0.2, 0.25) is 0 Å². The van der Waals surface area contributed by atoms with Crippen molar-refractivity contribution in [1.29, 1.82) is 0 Å². The maximum Gasteiger partial charge on any atom is 0.528 e. The van der Waals surface area contributed by atoms with Gasteiger partial charge in [0.1, 0.15) is 5.60 Å². The quantitative estimate of drug-likeness (QED) is 0.124. The van der Waals surface area contributed by atoms with Gasteiger partial charge in [-0.2, -0.15) is 4.73 Å². The molecule has 7 heteroatoms. The zero-order chi connectivity index (χ0) is 29.5. The molecule has 5 rings (SSSR count). The molecule has 0 bridgehead atoms. The maximum absolute atomic E-state index is 13.1. The molecule has 0 saturated carbocycles. The Labute approximate surface area is 248 Å². The Bertz CT molecular complexity index is 1480. The first-order valence-electron chi connectivity index (χ1n) is 14.7. The molecular formula is C35H40N2O5. The van der Waals surface area contributed by atoms with Gasteiger partial charge in [-0.1, -0.05) is 66.7 Å². The van der Waals surface area contributed by atoms with Gasteiger partial charge in [-0.15, -0.1) is 5.06 Å². The number of aryl methyl sites for hydroxylation is 2. The zero-order valence-electron chi connectivity index (χ0n) is 24.7. The van der Waals surface area contributed by atoms with Crippen molar-refractivity contribution in [2.24, 2.45) is 0 Å². The molecule has 0 spiro atoms. The Kier molecular flexibility index (Phi) is 9.40. The van der Waals surface area contributed by atoms with Crippen LogP contribution in [0.4, 0.5) is 4.79 Å². The molecule has 1 aliphatic heterocycles. The van der Waals surface area contributed by atoms with Crippen LogP contribution in [0.25, 0.3) is 10.8 Å². The second-order valence-corrected chi connectivity index (χ2v) is 12.0. The molecule has 1 saturated heterocycles. The molecule has 220 valence electrons. The molecule has 2 unspecified atom stereocenters. The van der Waals surface area contributed by atoms with Crippen LogP contribution >= 0.6 is 0 Å². The average molecular weight is 569 g/mol. The van der Waals surface area contributed by atoms with Gasteiger partial charge in [-0.05, 0) is 74.1 Å². The summed E-state index contributed by atoms with van der Waals surface area (Å²) in [5.74, 6) is -0.0255. The number of carbonyl (C=O) groups is 1. The SMILES string of the molecule is CC(C)(C)OC(=O)ON1CCC(c2ccc(CCCc3ccccc3)[n+]([O-])c2)C(OCc2ccc3ccccc3c2)C1. The molecule has 2 atom stereocenters. The molecule has 1 fully saturated rings. The van der Waals surface area contributed by atoms with E-state index in [1.54, 1.807) is 32.0 Å². The van der Waals surface area contributed by atoms with Gasteiger partial charge in [0.25, 0.3) is 0 Å². The minimum atomic E-state index is -0.730. The Hall–Kier alpha value is -3.94. The number of benzene rings is 3. The third-order valence-electron chi connectivity index (χ3n) is 7.58. The fourth-order valence-electron chi connectivity index (χ4n) is 5.49. The highest BCUT2D eigenvalue weighted by Gasteiger charge is 2.35. The van der Waals surface area contributed by atoms with E-state index in [9.17, 15) is 10.0 Å². The molecule has 42 heavy (non-hydrogen) atoms. The summed E-state index contributed by atoms with van der Waals surface area (Å²) in [4.78, 5) is 17.9. The summed E-state index contributed by atoms with van der Waals surface area (Å²) < 4.78 is 12.9. The Morgan fingerprint density at radius 2 is 1.69 bits per heavy atom. The molecule has 4 aromatic rings. The maximum atomic E-state index is 13.1. The highest BCUT2D eigenvalue weighted by Crippen LogP contribution is 2.31. The number of nitrogens with zero attached hydrogens (tertiary/aromatic N) is 2. The van der Waals surface area contributed by atoms with Crippen LogP contribution in [0, 0.1) is 5.21 Å². The molecule has 2 heterocycles. The predicted octanol–water partition coefficient (Wildman–Crippen LogP) is 6.89. The van der Waals surface area contributed by atoms with Gasteiger partial charge in [-0.3, -0.25) is 0 Å². The molecule has 3 aromatic carbocycles. The Morgan fingerprint density at radius 1 is 0.929 bits per heavy atom. The van der Waals surface area contributed by atoms with E-state index in [1.807, 2.05) is 42.5 Å². The number of piperidine rings is 1. The van der Waals surface area contributed by atoms with E-state index in [2.05, 4.69) is 42.5 Å². The van der Waals surface area contributed by atoms with Crippen molar-refractivity contribution >= 4 is 16.9 Å². The number of pyridine rings is 1. The number of aromatic nitrogens is 1. The fourth-order valence-corrected chi connectivity index (χ4v) is 5.49. The van der Waals surface area contributed by atoms with Gasteiger partial charge in [-0.25, -0.2) is 4.79 Å². The molecule has 0 amide bonds. The third kappa shape index (κ3) is 8.08. The monoisotopic (exact) mass is 568 g/mol. The lowest BCUT2D eigenvalue weighted by Gasteiger charge is -2.37. The van der Waals surface area contributed by atoms with Crippen LogP contribution in [-0.4, -0.2) is 36.0 Å². The topological polar surface area (TPSA) is 74.9 Å². The van der Waals surface area contributed by atoms with Crippen molar-refractivity contribution in [3.8, 4) is 0 Å². The van der Waals surface area contributed by atoms with Crippen molar-refractivity contribution in [2.45, 2.75) is 70.7 Å². The Morgan fingerprint density at radius 3 is 2.45 bits per heavy atom. The van der Waals surface area contributed by atoms with E-state index in [0.717, 1.165) is 39.8 Å². The number of hydrogen-bond donors (Lipinski definition) is 0. The largest absolute Gasteiger partial charge is 0.618 e. The van der Waals surface area contributed by atoms with Gasteiger partial charge in [0, 0.05) is 30.5 Å². The molecule has 0 aliphatic carbocycles. The van der Waals surface area contributed by atoms with Crippen molar-refractivity contribution in [2.75, 3.05) is 13.1 Å². The lowest BCUT2D eigenvalue weighted by atomic mass is 9.88. The summed E-state index contributed by atoms with van der Waals surface area (Å²) >= 11 is 0. The molecule has 1 aromatic heterocycles. The summed E-state index contributed by atoms with van der Waals surface area (Å²) in [6, 6.07) is 28.9. The van der Waals surface area contributed by atoms with Gasteiger partial charge < -0.3 is 19.5 Å². The summed E-state index contributed by atoms with van der Waals surface area (Å²) in [5, 5.41) is 17.0. The molecule has 0 radical (unpaired) electrons. The average Bonchev–Trinajstić information content (AvgIpc) is 2.96. The van der Waals surface area contributed by atoms with Gasteiger partial charge in [0.15, 0.2) is 11.9 Å². The first-order valence-corrected chi connectivity index (χ1v) is 14.7. The second kappa shape index (κ2) is 13.4. The number of rotatable bonds is 9. The predicted molar refractivity (Wildman–Crippen MR) is 163 cm³/mol. The van der Waals surface area contributed by atoms with Crippen LogP contribution in [0.3, 0.4) is 0 Å². The van der Waals surface area contributed by atoms with E-state index < -0.39 is 11.8 Å². The van der Waals surface area contributed by atoms with Gasteiger partial charge >= 0.3 is 6.16 Å². The smallest absolute Gasteiger partial charge is 0.528 e. The number of hydroxylamine groups is 2. The Balaban J connectivity index is 1.28. The summed E-state index contributed by atoms with van der Waals surface area (Å²) in [6.45, 7) is 6.70. The van der Waals surface area contributed by atoms with Crippen molar-refractivity contribution in [3.63, 3.8) is 0 Å². The molecule has 7 nitrogen and oxygen atoms in total. The number of carbonyl (C=O) groups excluding carboxylic acids is 1. The lowest BCUT2D eigenvalue weighted by Crippen LogP contribution is -2.46. The van der Waals surface area contributed by atoms with Crippen molar-refractivity contribution < 1.29 is 23.8 Å². The normalized spacial score (nSPS) is 17.7. The first kappa shape index (κ1) is 29.5. The molecule has 0 N–H and O–H groups in total. The van der Waals surface area contributed by atoms with Crippen LogP contribution in [0.15, 0.2) is 91.1 Å². The minimum absolute atomic E-state index is 0.0255. The first-order chi connectivity index (χ1) is 20.2. The second-order valence-electron chi connectivity index (χ2n) is 12.0. The van der Waals surface area contributed by atoms with E-state index in [-0.39, 0.29) is 12.0 Å². The van der Waals surface area contributed by atoms with Crippen LogP contribution < -0.4 is 4.73 Å². The number of ether oxygens (including phenoxy) is 2. The van der Waals surface area contributed by atoms with E-state index in [1.165, 1.54) is 10.9 Å². The van der Waals surface area contributed by atoms with E-state index in [0.29, 0.717) is 32.5 Å². The van der Waals surface area contributed by atoms with Crippen LogP contribution in [-0.2, 0) is 33.8 Å². The lowest BCUT2D eigenvalue weighted by molar-refractivity contribution is -0.614. The zero-order valence-corrected chi connectivity index (χ0v) is 24.7. The summed E-state index contributed by atoms with van der Waals surface area (Å²) in [7, 11) is 0. The van der Waals surface area contributed by atoms with Crippen LogP contribution in [0.5, 0.6) is 0 Å². The highest BCUT2D eigenvalue weighted by atomic mass is 16.8.